The highest BCUT2D eigenvalue weighted by Crippen LogP contribution is 2.32. The van der Waals surface area contributed by atoms with Gasteiger partial charge in [0.05, 0.1) is 0 Å². The van der Waals surface area contributed by atoms with Gasteiger partial charge in [-0.05, 0) is 31.0 Å². The van der Waals surface area contributed by atoms with Gasteiger partial charge in [0.25, 0.3) is 0 Å². The number of aliphatic hydroxyl groups excluding tert-OH is 1. The molecule has 1 fully saturated rings. The summed E-state index contributed by atoms with van der Waals surface area (Å²) in [4.78, 5) is 4.63. The maximum Gasteiger partial charge on any atom is 0.123 e. The largest absolute Gasteiger partial charge is 0.491 e. The normalized spacial score (nSPS) is 18.9. The Morgan fingerprint density at radius 2 is 1.83 bits per heavy atom. The van der Waals surface area contributed by atoms with Gasteiger partial charge >= 0.3 is 0 Å². The molecule has 1 unspecified atom stereocenters. The standard InChI is InChI=1S/C19H32N2O2/c1-15-6-7-18(17(12-15)19(2,3)4)23-14-16(22)13-21-10-8-20(5)9-11-21/h6-7,12,16,22H,8-11,13-14H2,1-5H3. The number of β-amino-alcohol motifs (C(OH)–C–C–N with tert-alkyl or cyclic N) is 1. The molecule has 0 amide bonds. The van der Waals surface area contributed by atoms with Crippen LogP contribution in [0.4, 0.5) is 0 Å². The van der Waals surface area contributed by atoms with E-state index in [0.29, 0.717) is 13.2 Å². The lowest BCUT2D eigenvalue weighted by molar-refractivity contribution is 0.0500. The number of ether oxygens (including phenoxy) is 1. The van der Waals surface area contributed by atoms with E-state index in [1.54, 1.807) is 0 Å². The zero-order valence-corrected chi connectivity index (χ0v) is 15.3. The highest BCUT2D eigenvalue weighted by molar-refractivity contribution is 5.41. The van der Waals surface area contributed by atoms with Crippen LogP contribution in [0.1, 0.15) is 31.9 Å². The number of likely N-dealkylation sites (N-methyl/N-ethyl adjacent to an activating group) is 1. The summed E-state index contributed by atoms with van der Waals surface area (Å²) in [5, 5.41) is 10.3. The summed E-state index contributed by atoms with van der Waals surface area (Å²) >= 11 is 0. The summed E-state index contributed by atoms with van der Waals surface area (Å²) in [5.74, 6) is 0.889. The molecular formula is C19H32N2O2. The predicted molar refractivity (Wildman–Crippen MR) is 95.3 cm³/mol. The van der Waals surface area contributed by atoms with Gasteiger partial charge in [-0.15, -0.1) is 0 Å². The third-order valence-electron chi connectivity index (χ3n) is 4.44. The van der Waals surface area contributed by atoms with E-state index in [1.165, 1.54) is 11.1 Å². The van der Waals surface area contributed by atoms with Crippen molar-refractivity contribution in [2.45, 2.75) is 39.2 Å². The number of rotatable bonds is 5. The first-order valence-corrected chi connectivity index (χ1v) is 8.58. The molecule has 4 heteroatoms. The molecule has 0 radical (unpaired) electrons. The van der Waals surface area contributed by atoms with Crippen LogP contribution in [-0.4, -0.2) is 67.4 Å². The number of nitrogens with zero attached hydrogens (tertiary/aromatic N) is 2. The van der Waals surface area contributed by atoms with Crippen molar-refractivity contribution in [2.24, 2.45) is 0 Å². The Balaban J connectivity index is 1.90. The molecule has 23 heavy (non-hydrogen) atoms. The smallest absolute Gasteiger partial charge is 0.123 e. The topological polar surface area (TPSA) is 35.9 Å². The van der Waals surface area contributed by atoms with Crippen molar-refractivity contribution in [1.82, 2.24) is 9.80 Å². The van der Waals surface area contributed by atoms with Gasteiger partial charge in [-0.1, -0.05) is 38.5 Å². The van der Waals surface area contributed by atoms with Crippen molar-refractivity contribution in [3.63, 3.8) is 0 Å². The quantitative estimate of drug-likeness (QED) is 0.903. The number of aryl methyl sites for hydroxylation is 1. The number of benzene rings is 1. The van der Waals surface area contributed by atoms with Crippen LogP contribution in [0.2, 0.25) is 0 Å². The lowest BCUT2D eigenvalue weighted by atomic mass is 9.85. The van der Waals surface area contributed by atoms with Crippen LogP contribution in [0.25, 0.3) is 0 Å². The van der Waals surface area contributed by atoms with Crippen LogP contribution < -0.4 is 4.74 Å². The minimum Gasteiger partial charge on any atom is -0.491 e. The van der Waals surface area contributed by atoms with E-state index in [9.17, 15) is 5.11 Å². The molecule has 1 aliphatic rings. The van der Waals surface area contributed by atoms with Crippen molar-refractivity contribution in [1.29, 1.82) is 0 Å². The summed E-state index contributed by atoms with van der Waals surface area (Å²) in [6.45, 7) is 13.9. The average Bonchev–Trinajstić information content (AvgIpc) is 2.47. The van der Waals surface area contributed by atoms with Crippen LogP contribution >= 0.6 is 0 Å². The maximum absolute atomic E-state index is 10.3. The highest BCUT2D eigenvalue weighted by atomic mass is 16.5. The molecular weight excluding hydrogens is 288 g/mol. The van der Waals surface area contributed by atoms with Crippen LogP contribution in [0.3, 0.4) is 0 Å². The molecule has 1 N–H and O–H groups in total. The summed E-state index contributed by atoms with van der Waals surface area (Å²) in [6.07, 6.45) is -0.451. The third kappa shape index (κ3) is 5.48. The Hall–Kier alpha value is -1.10. The lowest BCUT2D eigenvalue weighted by Crippen LogP contribution is -2.47. The van der Waals surface area contributed by atoms with E-state index >= 15 is 0 Å². The van der Waals surface area contributed by atoms with Crippen molar-refractivity contribution in [3.8, 4) is 5.75 Å². The lowest BCUT2D eigenvalue weighted by Gasteiger charge is -2.33. The fraction of sp³-hybridized carbons (Fsp3) is 0.684. The highest BCUT2D eigenvalue weighted by Gasteiger charge is 2.21. The van der Waals surface area contributed by atoms with E-state index in [1.807, 2.05) is 6.07 Å². The second-order valence-corrected chi connectivity index (χ2v) is 7.82. The predicted octanol–water partition coefficient (Wildman–Crippen LogP) is 2.28. The first-order chi connectivity index (χ1) is 10.8. The summed E-state index contributed by atoms with van der Waals surface area (Å²) in [5.41, 5.74) is 2.47. The first-order valence-electron chi connectivity index (χ1n) is 8.58. The Labute approximate surface area is 141 Å². The number of piperazine rings is 1. The van der Waals surface area contributed by atoms with Crippen molar-refractivity contribution < 1.29 is 9.84 Å². The number of hydrogen-bond acceptors (Lipinski definition) is 4. The fourth-order valence-electron chi connectivity index (χ4n) is 2.92. The summed E-state index contributed by atoms with van der Waals surface area (Å²) in [6, 6.07) is 6.28. The van der Waals surface area contributed by atoms with E-state index in [4.69, 9.17) is 4.74 Å². The minimum absolute atomic E-state index is 0.0315. The molecule has 1 heterocycles. The van der Waals surface area contributed by atoms with Crippen molar-refractivity contribution in [3.05, 3.63) is 29.3 Å². The van der Waals surface area contributed by atoms with Crippen molar-refractivity contribution >= 4 is 0 Å². The van der Waals surface area contributed by atoms with Gasteiger partial charge in [-0.3, -0.25) is 4.90 Å². The molecule has 1 aromatic carbocycles. The zero-order chi connectivity index (χ0) is 17.0. The Bertz CT molecular complexity index is 503. The number of aliphatic hydroxyl groups is 1. The Morgan fingerprint density at radius 3 is 2.43 bits per heavy atom. The van der Waals surface area contributed by atoms with Gasteiger partial charge in [0, 0.05) is 32.7 Å². The molecule has 0 spiro atoms. The SMILES string of the molecule is Cc1ccc(OCC(O)CN2CCN(C)CC2)c(C(C)(C)C)c1. The first kappa shape index (κ1) is 18.2. The van der Waals surface area contributed by atoms with Crippen LogP contribution in [0.5, 0.6) is 5.75 Å². The average molecular weight is 320 g/mol. The minimum atomic E-state index is -0.451. The van der Waals surface area contributed by atoms with Gasteiger partial charge in [0.2, 0.25) is 0 Å². The maximum atomic E-state index is 10.3. The second kappa shape index (κ2) is 7.65. The molecule has 0 aromatic heterocycles. The molecule has 0 aliphatic carbocycles. The van der Waals surface area contributed by atoms with Gasteiger partial charge in [0.15, 0.2) is 0 Å². The second-order valence-electron chi connectivity index (χ2n) is 7.82. The molecule has 1 aromatic rings. The zero-order valence-electron chi connectivity index (χ0n) is 15.3. The van der Waals surface area contributed by atoms with Crippen LogP contribution in [0.15, 0.2) is 18.2 Å². The van der Waals surface area contributed by atoms with Crippen LogP contribution in [-0.2, 0) is 5.41 Å². The summed E-state index contributed by atoms with van der Waals surface area (Å²) in [7, 11) is 2.14. The molecule has 0 saturated carbocycles. The van der Waals surface area contributed by atoms with Gasteiger partial charge in [-0.2, -0.15) is 0 Å². The van der Waals surface area contributed by atoms with Crippen LogP contribution in [0, 0.1) is 6.92 Å². The molecule has 0 bridgehead atoms. The Kier molecular flexibility index (Phi) is 6.06. The van der Waals surface area contributed by atoms with Gasteiger partial charge in [0.1, 0.15) is 18.5 Å². The number of hydrogen-bond donors (Lipinski definition) is 1. The monoisotopic (exact) mass is 320 g/mol. The van der Waals surface area contributed by atoms with E-state index in [2.05, 4.69) is 56.7 Å². The molecule has 1 atom stereocenters. The molecule has 1 aliphatic heterocycles. The summed E-state index contributed by atoms with van der Waals surface area (Å²) < 4.78 is 5.96. The molecule has 2 rings (SSSR count). The van der Waals surface area contributed by atoms with Gasteiger partial charge < -0.3 is 14.7 Å². The van der Waals surface area contributed by atoms with Gasteiger partial charge in [-0.25, -0.2) is 0 Å². The van der Waals surface area contributed by atoms with E-state index < -0.39 is 6.10 Å². The molecule has 4 nitrogen and oxygen atoms in total. The molecule has 1 saturated heterocycles. The van der Waals surface area contributed by atoms with Crippen molar-refractivity contribution in [2.75, 3.05) is 46.4 Å². The Morgan fingerprint density at radius 1 is 1.17 bits per heavy atom. The fourth-order valence-corrected chi connectivity index (χ4v) is 2.92. The third-order valence-corrected chi connectivity index (χ3v) is 4.44. The molecule has 130 valence electrons. The van der Waals surface area contributed by atoms with E-state index in [-0.39, 0.29) is 5.41 Å². The van der Waals surface area contributed by atoms with E-state index in [0.717, 1.165) is 31.9 Å².